The van der Waals surface area contributed by atoms with E-state index in [0.29, 0.717) is 25.9 Å². The van der Waals surface area contributed by atoms with Gasteiger partial charge < -0.3 is 10.6 Å². The second-order valence-electron chi connectivity index (χ2n) is 16.3. The molecule has 2 saturated heterocycles. The minimum absolute atomic E-state index is 0.132. The van der Waals surface area contributed by atoms with Gasteiger partial charge in [-0.1, -0.05) is 194 Å². The van der Waals surface area contributed by atoms with E-state index in [4.69, 9.17) is 0 Å². The Morgan fingerprint density at radius 3 is 0.863 bits per heavy atom. The van der Waals surface area contributed by atoms with Crippen LogP contribution in [0.2, 0.25) is 0 Å². The molecule has 0 saturated carbocycles. The summed E-state index contributed by atoms with van der Waals surface area (Å²) >= 11 is 0. The summed E-state index contributed by atoms with van der Waals surface area (Å²) in [6.45, 7) is 10.1. The summed E-state index contributed by atoms with van der Waals surface area (Å²) < 4.78 is 0. The maximum Gasteiger partial charge on any atom is 0.220 e. The molecule has 2 aliphatic rings. The molecule has 0 bridgehead atoms. The van der Waals surface area contributed by atoms with Gasteiger partial charge in [0.25, 0.3) is 0 Å². The van der Waals surface area contributed by atoms with Crippen molar-refractivity contribution in [3.63, 3.8) is 0 Å². The van der Waals surface area contributed by atoms with Gasteiger partial charge in [0.05, 0.1) is 12.3 Å². The first-order valence-corrected chi connectivity index (χ1v) is 22.9. The standard InChI is InChI=1S/C44H87N5O2/c1-3-5-7-9-11-13-15-17-19-21-23-25-27-29-31-33-43(50)45-39-41(48-35-36-48)47-42(49-37-38-49)40-46-44(51)34-32-30-28-26-24-22-20-18-16-14-12-10-8-6-4-2/h41-42,47H,3-40H2,1-2H3,(H,45,50)(H,46,51)/t41-,42-/m1/s1. The summed E-state index contributed by atoms with van der Waals surface area (Å²) in [5.41, 5.74) is 0. The van der Waals surface area contributed by atoms with E-state index in [1.807, 2.05) is 0 Å². The molecular weight excluding hydrogens is 631 g/mol. The highest BCUT2D eigenvalue weighted by Crippen LogP contribution is 2.17. The monoisotopic (exact) mass is 718 g/mol. The number of rotatable bonds is 40. The van der Waals surface area contributed by atoms with Gasteiger partial charge >= 0.3 is 0 Å². The van der Waals surface area contributed by atoms with Crippen molar-refractivity contribution in [3.8, 4) is 0 Å². The molecule has 2 fully saturated rings. The van der Waals surface area contributed by atoms with Gasteiger partial charge in [-0.3, -0.25) is 24.7 Å². The van der Waals surface area contributed by atoms with Crippen molar-refractivity contribution in [2.24, 2.45) is 0 Å². The largest absolute Gasteiger partial charge is 0.353 e. The summed E-state index contributed by atoms with van der Waals surface area (Å²) in [6, 6.07) is 0. The number of carbonyl (C=O) groups excluding carboxylic acids is 2. The third-order valence-corrected chi connectivity index (χ3v) is 11.2. The highest BCUT2D eigenvalue weighted by Gasteiger charge is 2.34. The van der Waals surface area contributed by atoms with E-state index in [2.05, 4.69) is 39.6 Å². The molecule has 7 nitrogen and oxygen atoms in total. The average Bonchev–Trinajstić information content (AvgIpc) is 4.06. The molecule has 0 unspecified atom stereocenters. The molecule has 0 aromatic rings. The molecule has 3 N–H and O–H groups in total. The smallest absolute Gasteiger partial charge is 0.220 e. The first kappa shape index (κ1) is 46.0. The first-order valence-electron chi connectivity index (χ1n) is 22.9. The summed E-state index contributed by atoms with van der Waals surface area (Å²) in [5.74, 6) is 0.358. The predicted molar refractivity (Wildman–Crippen MR) is 219 cm³/mol. The van der Waals surface area contributed by atoms with E-state index in [0.717, 1.165) is 51.9 Å². The van der Waals surface area contributed by atoms with Crippen molar-refractivity contribution >= 4 is 11.8 Å². The average molecular weight is 718 g/mol. The normalized spacial score (nSPS) is 15.6. The molecule has 0 aromatic heterocycles. The molecule has 2 amide bonds. The van der Waals surface area contributed by atoms with Crippen molar-refractivity contribution in [1.29, 1.82) is 0 Å². The summed E-state index contributed by atoms with van der Waals surface area (Å²) in [4.78, 5) is 30.0. The lowest BCUT2D eigenvalue weighted by atomic mass is 10.0. The van der Waals surface area contributed by atoms with Gasteiger partial charge in [0, 0.05) is 52.1 Å². The van der Waals surface area contributed by atoms with Crippen LogP contribution in [0.4, 0.5) is 0 Å². The van der Waals surface area contributed by atoms with Crippen LogP contribution in [0.1, 0.15) is 219 Å². The van der Waals surface area contributed by atoms with Crippen molar-refractivity contribution in [1.82, 2.24) is 25.8 Å². The zero-order chi connectivity index (χ0) is 36.5. The molecule has 0 radical (unpaired) electrons. The molecule has 2 aliphatic heterocycles. The van der Waals surface area contributed by atoms with Crippen LogP contribution >= 0.6 is 0 Å². The second kappa shape index (κ2) is 33.4. The SMILES string of the molecule is CCCCCCCCCCCCCCCCCC(=O)NC[C@H](N[C@@H](CNC(=O)CCCCCCCCCCCCCCCCC)N1CC1)N1CC1. The minimum Gasteiger partial charge on any atom is -0.353 e. The van der Waals surface area contributed by atoms with Crippen molar-refractivity contribution in [2.45, 2.75) is 232 Å². The van der Waals surface area contributed by atoms with Crippen molar-refractivity contribution in [2.75, 3.05) is 39.3 Å². The van der Waals surface area contributed by atoms with Crippen molar-refractivity contribution in [3.05, 3.63) is 0 Å². The van der Waals surface area contributed by atoms with Gasteiger partial charge in [0.1, 0.15) is 0 Å². The molecule has 0 spiro atoms. The number of unbranched alkanes of at least 4 members (excludes halogenated alkanes) is 28. The Morgan fingerprint density at radius 2 is 0.627 bits per heavy atom. The van der Waals surface area contributed by atoms with Gasteiger partial charge in [-0.15, -0.1) is 0 Å². The Labute approximate surface area is 317 Å². The topological polar surface area (TPSA) is 76.3 Å². The van der Waals surface area contributed by atoms with E-state index in [-0.39, 0.29) is 24.1 Å². The third kappa shape index (κ3) is 28.9. The number of amides is 2. The lowest BCUT2D eigenvalue weighted by Gasteiger charge is -2.28. The second-order valence-corrected chi connectivity index (χ2v) is 16.3. The van der Waals surface area contributed by atoms with Gasteiger partial charge in [0.15, 0.2) is 0 Å². The van der Waals surface area contributed by atoms with Crippen LogP contribution in [0.15, 0.2) is 0 Å². The fourth-order valence-corrected chi connectivity index (χ4v) is 7.46. The summed E-state index contributed by atoms with van der Waals surface area (Å²) in [7, 11) is 0. The number of nitrogens with one attached hydrogen (secondary N) is 3. The first-order chi connectivity index (χ1) is 25.1. The Kier molecular flexibility index (Phi) is 30.1. The maximum absolute atomic E-state index is 12.6. The highest BCUT2D eigenvalue weighted by molar-refractivity contribution is 5.76. The van der Waals surface area contributed by atoms with Crippen LogP contribution in [0.5, 0.6) is 0 Å². The fourth-order valence-electron chi connectivity index (χ4n) is 7.46. The molecule has 0 aromatic carbocycles. The van der Waals surface area contributed by atoms with Crippen LogP contribution in [-0.2, 0) is 9.59 Å². The predicted octanol–water partition coefficient (Wildman–Crippen LogP) is 10.6. The lowest BCUT2D eigenvalue weighted by molar-refractivity contribution is -0.122. The molecular formula is C44H87N5O2. The lowest BCUT2D eigenvalue weighted by Crippen LogP contribution is -2.55. The van der Waals surface area contributed by atoms with Gasteiger partial charge in [0.2, 0.25) is 11.8 Å². The van der Waals surface area contributed by atoms with Crippen LogP contribution in [-0.4, -0.2) is 73.2 Å². The Hall–Kier alpha value is -1.18. The number of hydrogen-bond acceptors (Lipinski definition) is 5. The molecule has 2 atom stereocenters. The molecule has 300 valence electrons. The molecule has 0 aliphatic carbocycles. The zero-order valence-electron chi connectivity index (χ0n) is 34.2. The van der Waals surface area contributed by atoms with Gasteiger partial charge in [-0.05, 0) is 12.8 Å². The maximum atomic E-state index is 12.6. The van der Waals surface area contributed by atoms with Crippen LogP contribution in [0.25, 0.3) is 0 Å². The minimum atomic E-state index is 0.132. The van der Waals surface area contributed by atoms with Gasteiger partial charge in [-0.2, -0.15) is 0 Å². The Balaban J connectivity index is 1.41. The van der Waals surface area contributed by atoms with Crippen LogP contribution in [0.3, 0.4) is 0 Å². The van der Waals surface area contributed by atoms with E-state index in [1.54, 1.807) is 0 Å². The van der Waals surface area contributed by atoms with E-state index in [1.165, 1.54) is 167 Å². The Morgan fingerprint density at radius 1 is 0.392 bits per heavy atom. The van der Waals surface area contributed by atoms with E-state index >= 15 is 0 Å². The van der Waals surface area contributed by atoms with Crippen LogP contribution < -0.4 is 16.0 Å². The summed E-state index contributed by atoms with van der Waals surface area (Å²) in [5, 5.41) is 10.2. The fraction of sp³-hybridized carbons (Fsp3) is 0.955. The summed E-state index contributed by atoms with van der Waals surface area (Å²) in [6.07, 6.45) is 41.8. The van der Waals surface area contributed by atoms with E-state index < -0.39 is 0 Å². The Bertz CT molecular complexity index is 738. The molecule has 2 rings (SSSR count). The van der Waals surface area contributed by atoms with Crippen LogP contribution in [0, 0.1) is 0 Å². The highest BCUT2D eigenvalue weighted by atomic mass is 16.2. The molecule has 51 heavy (non-hydrogen) atoms. The van der Waals surface area contributed by atoms with Gasteiger partial charge in [-0.25, -0.2) is 0 Å². The number of nitrogens with zero attached hydrogens (tertiary/aromatic N) is 2. The zero-order valence-corrected chi connectivity index (χ0v) is 34.2. The molecule has 2 heterocycles. The third-order valence-electron chi connectivity index (χ3n) is 11.2. The number of carbonyl (C=O) groups is 2. The van der Waals surface area contributed by atoms with E-state index in [9.17, 15) is 9.59 Å². The quantitative estimate of drug-likeness (QED) is 0.0435. The molecule has 7 heteroatoms. The number of hydrogen-bond donors (Lipinski definition) is 3. The van der Waals surface area contributed by atoms with Crippen molar-refractivity contribution < 1.29 is 9.59 Å².